The highest BCUT2D eigenvalue weighted by molar-refractivity contribution is 5.64. The Morgan fingerprint density at radius 3 is 2.58 bits per heavy atom. The first-order chi connectivity index (χ1) is 9.34. The minimum absolute atomic E-state index is 0.680. The highest BCUT2D eigenvalue weighted by Gasteiger charge is 2.24. The van der Waals surface area contributed by atoms with Crippen molar-refractivity contribution in [2.24, 2.45) is 0 Å². The predicted molar refractivity (Wildman–Crippen MR) is 81.2 cm³/mol. The molecule has 0 spiro atoms. The van der Waals surface area contributed by atoms with Crippen molar-refractivity contribution in [3.05, 3.63) is 77.9 Å². The van der Waals surface area contributed by atoms with Crippen LogP contribution in [0.3, 0.4) is 0 Å². The Bertz CT molecular complexity index is 571. The molecular weight excluding hydrogens is 230 g/mol. The van der Waals surface area contributed by atoms with Crippen LogP contribution in [0.1, 0.15) is 22.6 Å². The molecule has 1 unspecified atom stereocenters. The van der Waals surface area contributed by atoms with Crippen LogP contribution in [0.2, 0.25) is 0 Å². The molecule has 0 heterocycles. The molecule has 96 valence electrons. The molecule has 1 nitrogen and oxygen atoms in total. The third kappa shape index (κ3) is 2.61. The second-order valence-electron chi connectivity index (χ2n) is 5.20. The van der Waals surface area contributed by atoms with Gasteiger partial charge in [-0.15, -0.1) is 0 Å². The molecule has 1 atom stereocenters. The molecule has 0 radical (unpaired) electrons. The van der Waals surface area contributed by atoms with Crippen LogP contribution in [0.25, 0.3) is 5.57 Å². The van der Waals surface area contributed by atoms with Crippen LogP contribution < -0.4 is 5.32 Å². The summed E-state index contributed by atoms with van der Waals surface area (Å²) in [6, 6.07) is 19.1. The summed E-state index contributed by atoms with van der Waals surface area (Å²) in [4.78, 5) is 0. The maximum atomic E-state index is 4.15. The van der Waals surface area contributed by atoms with Gasteiger partial charge in [0.25, 0.3) is 0 Å². The highest BCUT2D eigenvalue weighted by Crippen LogP contribution is 2.34. The van der Waals surface area contributed by atoms with Crippen molar-refractivity contribution < 1.29 is 0 Å². The van der Waals surface area contributed by atoms with Crippen LogP contribution in [0.5, 0.6) is 0 Å². The molecule has 1 aliphatic carbocycles. The zero-order chi connectivity index (χ0) is 13.1. The molecule has 19 heavy (non-hydrogen) atoms. The Kier molecular flexibility index (Phi) is 3.47. The summed E-state index contributed by atoms with van der Waals surface area (Å²) in [7, 11) is 0. The van der Waals surface area contributed by atoms with Crippen molar-refractivity contribution in [1.82, 2.24) is 5.32 Å². The highest BCUT2D eigenvalue weighted by atomic mass is 14.9. The second-order valence-corrected chi connectivity index (χ2v) is 5.20. The molecule has 0 fully saturated rings. The third-order valence-electron chi connectivity index (χ3n) is 3.87. The Labute approximate surface area is 115 Å². The SMILES string of the molecule is C=C(CNCC1Cc2ccccc21)c1ccccc1. The number of fused-ring (bicyclic) bond motifs is 1. The standard InChI is InChI=1S/C18H19N/c1-14(15-7-3-2-4-8-15)12-19-13-17-11-16-9-5-6-10-18(16)17/h2-10,17,19H,1,11-13H2. The molecule has 1 aliphatic rings. The zero-order valence-electron chi connectivity index (χ0n) is 11.1. The minimum Gasteiger partial charge on any atom is -0.312 e. The maximum Gasteiger partial charge on any atom is 0.0205 e. The van der Waals surface area contributed by atoms with Crippen LogP contribution in [-0.4, -0.2) is 13.1 Å². The second kappa shape index (κ2) is 5.41. The summed E-state index contributed by atoms with van der Waals surface area (Å²) in [5.41, 5.74) is 5.41. The fourth-order valence-corrected chi connectivity index (χ4v) is 2.72. The first-order valence-electron chi connectivity index (χ1n) is 6.86. The molecule has 0 aromatic heterocycles. The number of rotatable bonds is 5. The van der Waals surface area contributed by atoms with E-state index in [1.54, 1.807) is 0 Å². The summed E-state index contributed by atoms with van der Waals surface area (Å²) in [5, 5.41) is 3.53. The molecule has 2 aromatic carbocycles. The summed E-state index contributed by atoms with van der Waals surface area (Å²) < 4.78 is 0. The van der Waals surface area contributed by atoms with Gasteiger partial charge in [-0.2, -0.15) is 0 Å². The molecule has 2 aromatic rings. The quantitative estimate of drug-likeness (QED) is 0.853. The normalized spacial score (nSPS) is 16.5. The lowest BCUT2D eigenvalue weighted by atomic mass is 9.77. The monoisotopic (exact) mass is 249 g/mol. The van der Waals surface area contributed by atoms with Gasteiger partial charge in [0.15, 0.2) is 0 Å². The summed E-state index contributed by atoms with van der Waals surface area (Å²) >= 11 is 0. The van der Waals surface area contributed by atoms with Gasteiger partial charge in [-0.3, -0.25) is 0 Å². The van der Waals surface area contributed by atoms with Gasteiger partial charge in [0.2, 0.25) is 0 Å². The molecular formula is C18H19N. The molecule has 3 rings (SSSR count). The Hall–Kier alpha value is -1.86. The molecule has 1 N–H and O–H groups in total. The first kappa shape index (κ1) is 12.2. The fourth-order valence-electron chi connectivity index (χ4n) is 2.72. The Morgan fingerprint density at radius 1 is 1.05 bits per heavy atom. The average Bonchev–Trinajstić information content (AvgIpc) is 2.44. The van der Waals surface area contributed by atoms with Gasteiger partial charge >= 0.3 is 0 Å². The van der Waals surface area contributed by atoms with Crippen molar-refractivity contribution in [3.8, 4) is 0 Å². The molecule has 0 amide bonds. The largest absolute Gasteiger partial charge is 0.312 e. The van der Waals surface area contributed by atoms with Gasteiger partial charge in [-0.05, 0) is 28.7 Å². The average molecular weight is 249 g/mol. The van der Waals surface area contributed by atoms with E-state index in [1.807, 2.05) is 6.07 Å². The van der Waals surface area contributed by atoms with Gasteiger partial charge in [-0.25, -0.2) is 0 Å². The van der Waals surface area contributed by atoms with Gasteiger partial charge in [0.05, 0.1) is 0 Å². The van der Waals surface area contributed by atoms with Gasteiger partial charge < -0.3 is 5.32 Å². The Balaban J connectivity index is 1.49. The lowest BCUT2D eigenvalue weighted by molar-refractivity contribution is 0.557. The lowest BCUT2D eigenvalue weighted by Gasteiger charge is -2.30. The van der Waals surface area contributed by atoms with Crippen molar-refractivity contribution in [1.29, 1.82) is 0 Å². The van der Waals surface area contributed by atoms with E-state index in [2.05, 4.69) is 60.4 Å². The number of hydrogen-bond donors (Lipinski definition) is 1. The van der Waals surface area contributed by atoms with Crippen LogP contribution >= 0.6 is 0 Å². The maximum absolute atomic E-state index is 4.15. The smallest absolute Gasteiger partial charge is 0.0205 e. The first-order valence-corrected chi connectivity index (χ1v) is 6.86. The van der Waals surface area contributed by atoms with Crippen molar-refractivity contribution in [2.45, 2.75) is 12.3 Å². The topological polar surface area (TPSA) is 12.0 Å². The van der Waals surface area contributed by atoms with Crippen LogP contribution in [0.15, 0.2) is 61.2 Å². The third-order valence-corrected chi connectivity index (χ3v) is 3.87. The fraction of sp³-hybridized carbons (Fsp3) is 0.222. The summed E-state index contributed by atoms with van der Waals surface area (Å²) in [5.74, 6) is 0.680. The zero-order valence-corrected chi connectivity index (χ0v) is 11.1. The van der Waals surface area contributed by atoms with Gasteiger partial charge in [-0.1, -0.05) is 61.2 Å². The van der Waals surface area contributed by atoms with E-state index in [9.17, 15) is 0 Å². The van der Waals surface area contributed by atoms with Gasteiger partial charge in [0, 0.05) is 19.0 Å². The molecule has 0 bridgehead atoms. The predicted octanol–water partition coefficient (Wildman–Crippen LogP) is 3.63. The summed E-state index contributed by atoms with van der Waals surface area (Å²) in [6.45, 7) is 6.06. The lowest BCUT2D eigenvalue weighted by Crippen LogP contribution is -2.29. The summed E-state index contributed by atoms with van der Waals surface area (Å²) in [6.07, 6.45) is 1.21. The Morgan fingerprint density at radius 2 is 1.79 bits per heavy atom. The van der Waals surface area contributed by atoms with Gasteiger partial charge in [0.1, 0.15) is 0 Å². The van der Waals surface area contributed by atoms with Crippen molar-refractivity contribution in [3.63, 3.8) is 0 Å². The van der Waals surface area contributed by atoms with Crippen LogP contribution in [0.4, 0.5) is 0 Å². The van der Waals surface area contributed by atoms with E-state index in [0.29, 0.717) is 5.92 Å². The van der Waals surface area contributed by atoms with Crippen molar-refractivity contribution >= 4 is 5.57 Å². The molecule has 0 saturated carbocycles. The molecule has 1 heteroatoms. The van der Waals surface area contributed by atoms with E-state index < -0.39 is 0 Å². The van der Waals surface area contributed by atoms with E-state index >= 15 is 0 Å². The van der Waals surface area contributed by atoms with E-state index in [1.165, 1.54) is 23.1 Å². The molecule has 0 aliphatic heterocycles. The van der Waals surface area contributed by atoms with E-state index in [4.69, 9.17) is 0 Å². The van der Waals surface area contributed by atoms with E-state index in [-0.39, 0.29) is 0 Å². The van der Waals surface area contributed by atoms with Crippen LogP contribution in [0, 0.1) is 0 Å². The number of hydrogen-bond acceptors (Lipinski definition) is 1. The minimum atomic E-state index is 0.680. The molecule has 0 saturated heterocycles. The number of nitrogens with one attached hydrogen (secondary N) is 1. The van der Waals surface area contributed by atoms with E-state index in [0.717, 1.165) is 18.7 Å². The van der Waals surface area contributed by atoms with Crippen molar-refractivity contribution in [2.75, 3.05) is 13.1 Å². The number of benzene rings is 2. The van der Waals surface area contributed by atoms with Crippen LogP contribution in [-0.2, 0) is 6.42 Å².